The molecule has 0 fully saturated rings. The van der Waals surface area contributed by atoms with Gasteiger partial charge >= 0.3 is 126 Å². The fraction of sp³-hybridized carbons (Fsp3) is 0.778. The topological polar surface area (TPSA) is 0 Å². The van der Waals surface area contributed by atoms with Gasteiger partial charge < -0.3 is 0 Å². The molecule has 0 amide bonds. The second kappa shape index (κ2) is 7.38. The Morgan fingerprint density at radius 3 is 1.58 bits per heavy atom. The summed E-state index contributed by atoms with van der Waals surface area (Å²) in [5.41, 5.74) is 1.64. The van der Waals surface area contributed by atoms with E-state index in [2.05, 4.69) is 60.6 Å². The first-order chi connectivity index (χ1) is 8.77. The molecule has 1 aliphatic carbocycles. The van der Waals surface area contributed by atoms with Crippen LogP contribution in [0.4, 0.5) is 0 Å². The predicted molar refractivity (Wildman–Crippen MR) is 85.4 cm³/mol. The molecule has 0 spiro atoms. The molecular weight excluding hydrogens is 395 g/mol. The van der Waals surface area contributed by atoms with Gasteiger partial charge in [-0.25, -0.2) is 0 Å². The third-order valence-electron chi connectivity index (χ3n) is 4.20. The van der Waals surface area contributed by atoms with E-state index in [9.17, 15) is 0 Å². The van der Waals surface area contributed by atoms with Crippen molar-refractivity contribution in [2.24, 2.45) is 17.8 Å². The Morgan fingerprint density at radius 1 is 0.895 bits per heavy atom. The van der Waals surface area contributed by atoms with Gasteiger partial charge in [0, 0.05) is 0 Å². The second-order valence-corrected chi connectivity index (χ2v) is 23.6. The van der Waals surface area contributed by atoms with E-state index in [0.717, 1.165) is 17.8 Å². The molecule has 0 heterocycles. The van der Waals surface area contributed by atoms with Crippen molar-refractivity contribution in [1.29, 1.82) is 0 Å². The van der Waals surface area contributed by atoms with Crippen molar-refractivity contribution in [2.45, 2.75) is 67.4 Å². The van der Waals surface area contributed by atoms with Gasteiger partial charge in [-0.05, 0) is 0 Å². The van der Waals surface area contributed by atoms with Crippen LogP contribution in [0.1, 0.15) is 54.9 Å². The van der Waals surface area contributed by atoms with Crippen LogP contribution in [0.15, 0.2) is 21.1 Å². The number of hydrogen-bond donors (Lipinski definition) is 0. The zero-order valence-corrected chi connectivity index (χ0v) is 17.8. The standard InChI is InChI=1S/C6H7.3C4H9.Hf/c1-6-4-2-3-5-6;3*1-4(2)3;/h2,4H,3H2,1H3;3*4H,1H2,2-3H3;. The first-order valence-corrected chi connectivity index (χ1v) is 17.6. The molecule has 0 bridgehead atoms. The number of hydrogen-bond acceptors (Lipinski definition) is 0. The van der Waals surface area contributed by atoms with Gasteiger partial charge in [-0.2, -0.15) is 0 Å². The Balaban J connectivity index is 3.13. The van der Waals surface area contributed by atoms with Crippen LogP contribution in [0.2, 0.25) is 12.5 Å². The van der Waals surface area contributed by atoms with E-state index in [4.69, 9.17) is 0 Å². The molecule has 0 radical (unpaired) electrons. The molecule has 0 unspecified atom stereocenters. The van der Waals surface area contributed by atoms with Crippen molar-refractivity contribution in [3.63, 3.8) is 0 Å². The van der Waals surface area contributed by atoms with Gasteiger partial charge in [0.15, 0.2) is 0 Å². The van der Waals surface area contributed by atoms with Gasteiger partial charge in [-0.1, -0.05) is 0 Å². The molecule has 0 saturated heterocycles. The quantitative estimate of drug-likeness (QED) is 0.401. The first-order valence-electron chi connectivity index (χ1n) is 8.13. The summed E-state index contributed by atoms with van der Waals surface area (Å²) in [5, 5.41) is 0. The average molecular weight is 429 g/mol. The molecule has 0 nitrogen and oxygen atoms in total. The van der Waals surface area contributed by atoms with Crippen molar-refractivity contribution < 1.29 is 20.0 Å². The Morgan fingerprint density at radius 2 is 1.32 bits per heavy atom. The van der Waals surface area contributed by atoms with Gasteiger partial charge in [-0.15, -0.1) is 0 Å². The maximum atomic E-state index is 2.44. The minimum atomic E-state index is -2.34. The molecule has 0 aromatic heterocycles. The monoisotopic (exact) mass is 430 g/mol. The molecule has 0 aliphatic heterocycles. The van der Waals surface area contributed by atoms with E-state index in [1.54, 1.807) is 18.1 Å². The summed E-state index contributed by atoms with van der Waals surface area (Å²) in [4.78, 5) is 0. The van der Waals surface area contributed by atoms with Crippen molar-refractivity contribution in [2.75, 3.05) is 0 Å². The summed E-state index contributed by atoms with van der Waals surface area (Å²) in [6.45, 7) is 17.0. The molecule has 0 aromatic carbocycles. The van der Waals surface area contributed by atoms with Gasteiger partial charge in [0.05, 0.1) is 0 Å². The van der Waals surface area contributed by atoms with Crippen LogP contribution < -0.4 is 0 Å². The number of rotatable bonds is 7. The Labute approximate surface area is 126 Å². The van der Waals surface area contributed by atoms with Crippen molar-refractivity contribution in [1.82, 2.24) is 0 Å². The normalized spacial score (nSPS) is 16.5. The molecule has 0 saturated carbocycles. The summed E-state index contributed by atoms with van der Waals surface area (Å²) in [6, 6.07) is 0. The zero-order chi connectivity index (χ0) is 14.6. The van der Waals surface area contributed by atoms with E-state index in [-0.39, 0.29) is 0 Å². The maximum absolute atomic E-state index is 2.44. The molecule has 1 aliphatic rings. The average Bonchev–Trinajstić information content (AvgIpc) is 2.61. The molecule has 0 N–H and O–H groups in total. The summed E-state index contributed by atoms with van der Waals surface area (Å²) in [7, 11) is 0. The molecule has 1 rings (SSSR count). The molecule has 19 heavy (non-hydrogen) atoms. The van der Waals surface area contributed by atoms with Crippen LogP contribution in [0, 0.1) is 17.8 Å². The van der Waals surface area contributed by atoms with E-state index in [1.165, 1.54) is 6.42 Å². The van der Waals surface area contributed by atoms with Crippen LogP contribution in [0.3, 0.4) is 0 Å². The van der Waals surface area contributed by atoms with Crippen LogP contribution in [-0.4, -0.2) is 0 Å². The van der Waals surface area contributed by atoms with Gasteiger partial charge in [0.1, 0.15) is 0 Å². The summed E-state index contributed by atoms with van der Waals surface area (Å²) < 4.78 is 6.66. The minimum absolute atomic E-state index is 0.875. The second-order valence-electron chi connectivity index (χ2n) is 7.84. The first kappa shape index (κ1) is 17.4. The van der Waals surface area contributed by atoms with Crippen LogP contribution in [0.5, 0.6) is 0 Å². The van der Waals surface area contributed by atoms with Crippen LogP contribution in [0.25, 0.3) is 0 Å². The fourth-order valence-electron chi connectivity index (χ4n) is 4.21. The summed E-state index contributed by atoms with van der Waals surface area (Å²) in [5.74, 6) is 2.63. The van der Waals surface area contributed by atoms with Gasteiger partial charge in [0.25, 0.3) is 0 Å². The van der Waals surface area contributed by atoms with E-state index < -0.39 is 20.0 Å². The predicted octanol–water partition coefficient (Wildman–Crippen LogP) is 6.60. The molecule has 0 aromatic rings. The molecular formula is C18H34Hf. The Hall–Kier alpha value is 0.350. The summed E-state index contributed by atoms with van der Waals surface area (Å²) >= 11 is -2.34. The van der Waals surface area contributed by atoms with E-state index >= 15 is 0 Å². The third-order valence-corrected chi connectivity index (χ3v) is 28.2. The van der Waals surface area contributed by atoms with Crippen LogP contribution in [-0.2, 0) is 20.0 Å². The van der Waals surface area contributed by atoms with Gasteiger partial charge in [0.2, 0.25) is 0 Å². The molecule has 0 atom stereocenters. The Bertz CT molecular complexity index is 318. The summed E-state index contributed by atoms with van der Waals surface area (Å²) in [6.07, 6.45) is 6.10. The molecule has 1 heteroatoms. The molecule has 110 valence electrons. The third kappa shape index (κ3) is 4.99. The fourth-order valence-corrected chi connectivity index (χ4v) is 30.8. The van der Waals surface area contributed by atoms with Gasteiger partial charge in [-0.3, -0.25) is 0 Å². The number of allylic oxidation sites excluding steroid dienone is 4. The van der Waals surface area contributed by atoms with Crippen molar-refractivity contribution in [3.05, 3.63) is 21.1 Å². The van der Waals surface area contributed by atoms with Crippen molar-refractivity contribution >= 4 is 0 Å². The SMILES string of the molecule is CC1=[C]([Hf]([CH2]C(C)C)([CH2]C(C)C)[CH2]C(C)C)CC=C1. The van der Waals surface area contributed by atoms with E-state index in [1.807, 2.05) is 3.33 Å². The van der Waals surface area contributed by atoms with Crippen molar-refractivity contribution in [3.8, 4) is 0 Å². The van der Waals surface area contributed by atoms with Crippen LogP contribution >= 0.6 is 0 Å². The Kier molecular flexibility index (Phi) is 6.76. The zero-order valence-electron chi connectivity index (χ0n) is 14.2. The van der Waals surface area contributed by atoms with E-state index in [0.29, 0.717) is 0 Å².